The van der Waals surface area contributed by atoms with Crippen LogP contribution in [-0.4, -0.2) is 17.3 Å². The van der Waals surface area contributed by atoms with E-state index >= 15 is 0 Å². The second-order valence-electron chi connectivity index (χ2n) is 3.55. The Hall–Kier alpha value is -0.180. The van der Waals surface area contributed by atoms with Gasteiger partial charge in [0.05, 0.1) is 6.61 Å². The molecule has 0 saturated heterocycles. The van der Waals surface area contributed by atoms with Crippen LogP contribution < -0.4 is 0 Å². The Bertz CT molecular complexity index is 136. The second-order valence-corrected chi connectivity index (χ2v) is 4.67. The average molecular weight is 176 g/mol. The monoisotopic (exact) mass is 176 g/mol. The number of ether oxygens (including phenoxy) is 1. The van der Waals surface area contributed by atoms with Crippen LogP contribution in [0.25, 0.3) is 0 Å². The van der Waals surface area contributed by atoms with Crippen molar-refractivity contribution in [2.75, 3.05) is 6.61 Å². The summed E-state index contributed by atoms with van der Waals surface area (Å²) in [5, 5.41) is 0. The summed E-state index contributed by atoms with van der Waals surface area (Å²) >= 11 is 4.08. The van der Waals surface area contributed by atoms with Crippen molar-refractivity contribution in [3.63, 3.8) is 0 Å². The molecule has 3 heteroatoms. The molecule has 0 spiro atoms. The van der Waals surface area contributed by atoms with Crippen molar-refractivity contribution in [2.24, 2.45) is 5.92 Å². The normalized spacial score (nSPS) is 11.8. The summed E-state index contributed by atoms with van der Waals surface area (Å²) in [4.78, 5) is 11.1. The molecule has 0 bridgehead atoms. The summed E-state index contributed by atoms with van der Waals surface area (Å²) in [6.07, 6.45) is 0. The van der Waals surface area contributed by atoms with Crippen molar-refractivity contribution in [3.8, 4) is 0 Å². The van der Waals surface area contributed by atoms with Crippen LogP contribution >= 0.6 is 12.6 Å². The minimum absolute atomic E-state index is 0.255. The molecule has 0 amide bonds. The molecule has 0 radical (unpaired) electrons. The highest BCUT2D eigenvalue weighted by atomic mass is 32.1. The molecule has 0 rings (SSSR count). The SMILES string of the molecule is CC(C)COC(=O)C(C)(C)S. The molecular formula is C8H16O2S. The van der Waals surface area contributed by atoms with Gasteiger partial charge in [0.2, 0.25) is 0 Å². The first-order valence-electron chi connectivity index (χ1n) is 3.73. The Morgan fingerprint density at radius 3 is 2.27 bits per heavy atom. The van der Waals surface area contributed by atoms with Gasteiger partial charge in [-0.25, -0.2) is 0 Å². The van der Waals surface area contributed by atoms with E-state index in [-0.39, 0.29) is 5.97 Å². The third-order valence-electron chi connectivity index (χ3n) is 1.05. The molecule has 0 fully saturated rings. The smallest absolute Gasteiger partial charge is 0.321 e. The first-order chi connectivity index (χ1) is 4.84. The van der Waals surface area contributed by atoms with Gasteiger partial charge >= 0.3 is 5.97 Å². The summed E-state index contributed by atoms with van der Waals surface area (Å²) < 4.78 is 4.28. The average Bonchev–Trinajstić information content (AvgIpc) is 1.80. The molecule has 0 aliphatic carbocycles. The Morgan fingerprint density at radius 1 is 1.55 bits per heavy atom. The zero-order valence-corrected chi connectivity index (χ0v) is 8.44. The topological polar surface area (TPSA) is 26.3 Å². The van der Waals surface area contributed by atoms with Gasteiger partial charge in [0, 0.05) is 0 Å². The van der Waals surface area contributed by atoms with Crippen molar-refractivity contribution in [3.05, 3.63) is 0 Å². The van der Waals surface area contributed by atoms with Gasteiger partial charge in [-0.3, -0.25) is 4.79 Å². The van der Waals surface area contributed by atoms with Crippen LogP contribution in [0.15, 0.2) is 0 Å². The zero-order chi connectivity index (χ0) is 9.07. The molecule has 11 heavy (non-hydrogen) atoms. The molecule has 66 valence electrons. The second kappa shape index (κ2) is 4.00. The van der Waals surface area contributed by atoms with E-state index in [2.05, 4.69) is 12.6 Å². The lowest BCUT2D eigenvalue weighted by Crippen LogP contribution is -2.28. The molecule has 0 aliphatic rings. The minimum Gasteiger partial charge on any atom is -0.464 e. The number of carbonyl (C=O) groups is 1. The maximum atomic E-state index is 11.1. The number of hydrogen-bond donors (Lipinski definition) is 1. The Labute approximate surface area is 73.7 Å². The van der Waals surface area contributed by atoms with Gasteiger partial charge in [-0.15, -0.1) is 0 Å². The molecule has 0 aliphatic heterocycles. The van der Waals surface area contributed by atoms with E-state index in [1.54, 1.807) is 13.8 Å². The summed E-state index contributed by atoms with van der Waals surface area (Å²) in [6.45, 7) is 7.91. The third-order valence-corrected chi connectivity index (χ3v) is 1.23. The van der Waals surface area contributed by atoms with Crippen molar-refractivity contribution in [2.45, 2.75) is 32.4 Å². The minimum atomic E-state index is -0.672. The predicted molar refractivity (Wildman–Crippen MR) is 48.9 cm³/mol. The summed E-state index contributed by atoms with van der Waals surface area (Å²) in [6, 6.07) is 0. The highest BCUT2D eigenvalue weighted by molar-refractivity contribution is 7.82. The number of thiol groups is 1. The summed E-state index contributed by atoms with van der Waals surface area (Å²) in [5.74, 6) is 0.129. The van der Waals surface area contributed by atoms with Crippen molar-refractivity contribution in [1.82, 2.24) is 0 Å². The van der Waals surface area contributed by atoms with Gasteiger partial charge < -0.3 is 4.74 Å². The molecule has 0 unspecified atom stereocenters. The molecule has 0 aromatic heterocycles. The molecule has 0 aromatic rings. The van der Waals surface area contributed by atoms with E-state index in [9.17, 15) is 4.79 Å². The van der Waals surface area contributed by atoms with E-state index < -0.39 is 4.75 Å². The number of rotatable bonds is 3. The number of carbonyl (C=O) groups excluding carboxylic acids is 1. The van der Waals surface area contributed by atoms with E-state index in [4.69, 9.17) is 4.74 Å². The van der Waals surface area contributed by atoms with Crippen molar-refractivity contribution >= 4 is 18.6 Å². The molecular weight excluding hydrogens is 160 g/mol. The van der Waals surface area contributed by atoms with Crippen molar-refractivity contribution in [1.29, 1.82) is 0 Å². The maximum Gasteiger partial charge on any atom is 0.321 e. The fraction of sp³-hybridized carbons (Fsp3) is 0.875. The molecule has 0 heterocycles. The first-order valence-corrected chi connectivity index (χ1v) is 4.18. The largest absolute Gasteiger partial charge is 0.464 e. The van der Waals surface area contributed by atoms with Crippen LogP contribution in [0.4, 0.5) is 0 Å². The lowest BCUT2D eigenvalue weighted by atomic mass is 10.2. The van der Waals surface area contributed by atoms with Crippen molar-refractivity contribution < 1.29 is 9.53 Å². The fourth-order valence-electron chi connectivity index (χ4n) is 0.419. The summed E-state index contributed by atoms with van der Waals surface area (Å²) in [5.41, 5.74) is 0. The number of esters is 1. The number of hydrogen-bond acceptors (Lipinski definition) is 3. The highest BCUT2D eigenvalue weighted by Crippen LogP contribution is 2.14. The molecule has 2 nitrogen and oxygen atoms in total. The Balaban J connectivity index is 3.71. The molecule has 0 N–H and O–H groups in total. The summed E-state index contributed by atoms with van der Waals surface area (Å²) in [7, 11) is 0. The van der Waals surface area contributed by atoms with Gasteiger partial charge in [0.15, 0.2) is 0 Å². The predicted octanol–water partition coefficient (Wildman–Crippen LogP) is 1.89. The lowest BCUT2D eigenvalue weighted by Gasteiger charge is -2.16. The quantitative estimate of drug-likeness (QED) is 0.525. The van der Waals surface area contributed by atoms with E-state index in [1.165, 1.54) is 0 Å². The maximum absolute atomic E-state index is 11.1. The lowest BCUT2D eigenvalue weighted by molar-refractivity contribution is -0.146. The zero-order valence-electron chi connectivity index (χ0n) is 7.55. The van der Waals surface area contributed by atoms with Gasteiger partial charge in [-0.1, -0.05) is 13.8 Å². The van der Waals surface area contributed by atoms with Crippen LogP contribution in [0.1, 0.15) is 27.7 Å². The Kier molecular flexibility index (Phi) is 3.93. The Morgan fingerprint density at radius 2 is 2.00 bits per heavy atom. The molecule has 0 aromatic carbocycles. The van der Waals surface area contributed by atoms with Crippen LogP contribution in [-0.2, 0) is 9.53 Å². The van der Waals surface area contributed by atoms with Crippen LogP contribution in [0.2, 0.25) is 0 Å². The fourth-order valence-corrected chi connectivity index (χ4v) is 0.484. The third kappa shape index (κ3) is 5.13. The highest BCUT2D eigenvalue weighted by Gasteiger charge is 2.24. The van der Waals surface area contributed by atoms with Crippen LogP contribution in [0.5, 0.6) is 0 Å². The van der Waals surface area contributed by atoms with E-state index in [0.717, 1.165) is 0 Å². The first kappa shape index (κ1) is 10.8. The van der Waals surface area contributed by atoms with Gasteiger partial charge in [0.25, 0.3) is 0 Å². The van der Waals surface area contributed by atoms with Gasteiger partial charge in [-0.05, 0) is 19.8 Å². The van der Waals surface area contributed by atoms with Crippen LogP contribution in [0, 0.1) is 5.92 Å². The standard InChI is InChI=1S/C8H16O2S/c1-6(2)5-10-7(9)8(3,4)11/h6,11H,5H2,1-4H3. The van der Waals surface area contributed by atoms with Crippen LogP contribution in [0.3, 0.4) is 0 Å². The van der Waals surface area contributed by atoms with Gasteiger partial charge in [0.1, 0.15) is 4.75 Å². The molecule has 0 saturated carbocycles. The van der Waals surface area contributed by atoms with E-state index in [1.807, 2.05) is 13.8 Å². The molecule has 0 atom stereocenters. The van der Waals surface area contributed by atoms with Gasteiger partial charge in [-0.2, -0.15) is 12.6 Å². The van der Waals surface area contributed by atoms with E-state index in [0.29, 0.717) is 12.5 Å².